The molecule has 5 amide bonds. The van der Waals surface area contributed by atoms with Crippen LogP contribution in [-0.2, 0) is 28.7 Å². The zero-order valence-corrected chi connectivity index (χ0v) is 27.4. The van der Waals surface area contributed by atoms with Gasteiger partial charge >= 0.3 is 12.0 Å². The van der Waals surface area contributed by atoms with Crippen molar-refractivity contribution in [3.05, 3.63) is 18.6 Å². The van der Waals surface area contributed by atoms with Crippen LogP contribution in [0.3, 0.4) is 0 Å². The zero-order valence-electron chi connectivity index (χ0n) is 27.4. The number of esters is 1. The molecule has 260 valence electrons. The van der Waals surface area contributed by atoms with Gasteiger partial charge in [-0.2, -0.15) is 5.26 Å². The highest BCUT2D eigenvalue weighted by Crippen LogP contribution is 2.29. The van der Waals surface area contributed by atoms with Gasteiger partial charge in [-0.3, -0.25) is 23.7 Å². The van der Waals surface area contributed by atoms with E-state index in [1.807, 2.05) is 18.0 Å². The number of nitriles is 1. The van der Waals surface area contributed by atoms with E-state index in [4.69, 9.17) is 15.7 Å². The molecule has 1 aliphatic rings. The smallest absolute Gasteiger partial charge is 0.328 e. The third-order valence-corrected chi connectivity index (χ3v) is 8.07. The fraction of sp³-hybridized carbons (Fsp3) is 0.567. The number of nitrogens with one attached hydrogen (secondary N) is 4. The molecule has 3 atom stereocenters. The van der Waals surface area contributed by atoms with Gasteiger partial charge in [-0.05, 0) is 44.2 Å². The van der Waals surface area contributed by atoms with Gasteiger partial charge in [-0.1, -0.05) is 6.92 Å². The summed E-state index contributed by atoms with van der Waals surface area (Å²) in [6.07, 6.45) is 5.02. The van der Waals surface area contributed by atoms with E-state index in [-0.39, 0.29) is 24.3 Å². The predicted octanol–water partition coefficient (Wildman–Crippen LogP) is -1.40. The minimum absolute atomic E-state index is 0.0878. The average molecular weight is 670 g/mol. The molecule has 3 heterocycles. The van der Waals surface area contributed by atoms with Gasteiger partial charge in [0.15, 0.2) is 5.65 Å². The second-order valence-electron chi connectivity index (χ2n) is 11.4. The third kappa shape index (κ3) is 10.1. The fourth-order valence-corrected chi connectivity index (χ4v) is 5.35. The quantitative estimate of drug-likeness (QED) is 0.109. The maximum Gasteiger partial charge on any atom is 0.328 e. The van der Waals surface area contributed by atoms with Gasteiger partial charge in [0.1, 0.15) is 24.6 Å². The van der Waals surface area contributed by atoms with Gasteiger partial charge in [-0.25, -0.2) is 19.6 Å². The van der Waals surface area contributed by atoms with Crippen LogP contribution in [0.1, 0.15) is 39.0 Å². The Bertz CT molecular complexity index is 1520. The van der Waals surface area contributed by atoms with Crippen molar-refractivity contribution in [3.8, 4) is 6.07 Å². The molecule has 0 saturated carbocycles. The number of anilines is 1. The Morgan fingerprint density at radius 2 is 1.77 bits per heavy atom. The van der Waals surface area contributed by atoms with Crippen LogP contribution in [-0.4, -0.2) is 121 Å². The number of carbonyl (C=O) groups excluding carboxylic acids is 6. The lowest BCUT2D eigenvalue weighted by Gasteiger charge is -2.42. The van der Waals surface area contributed by atoms with Crippen molar-refractivity contribution in [3.63, 3.8) is 0 Å². The first kappa shape index (κ1) is 37.2. The second-order valence-corrected chi connectivity index (χ2v) is 11.4. The molecule has 1 aliphatic heterocycles. The Balaban J connectivity index is 1.50. The maximum atomic E-state index is 13.0. The normalized spacial score (nSPS) is 16.3. The van der Waals surface area contributed by atoms with Crippen LogP contribution in [0.15, 0.2) is 18.6 Å². The molecule has 3 rings (SSSR count). The fourth-order valence-electron chi connectivity index (χ4n) is 5.35. The number of likely N-dealkylation sites (N-methyl/N-ethyl adjacent to an activating group) is 1. The Morgan fingerprint density at radius 1 is 1.08 bits per heavy atom. The molecule has 0 aliphatic carbocycles. The van der Waals surface area contributed by atoms with Crippen LogP contribution in [0.4, 0.5) is 10.6 Å². The number of fused-ring (bicyclic) bond motifs is 1. The van der Waals surface area contributed by atoms with Crippen LogP contribution in [0.2, 0.25) is 0 Å². The third-order valence-electron chi connectivity index (χ3n) is 8.07. The predicted molar refractivity (Wildman–Crippen MR) is 172 cm³/mol. The van der Waals surface area contributed by atoms with Crippen LogP contribution < -0.4 is 31.9 Å². The van der Waals surface area contributed by atoms with E-state index in [0.717, 1.165) is 6.42 Å². The van der Waals surface area contributed by atoms with Crippen LogP contribution in [0.25, 0.3) is 11.0 Å². The molecular formula is C30H43N11O7. The van der Waals surface area contributed by atoms with Gasteiger partial charge < -0.3 is 41.5 Å². The molecule has 18 heteroatoms. The SMILES string of the molecule is COC(=O)[C@@H](CCCCN)NC(=O)CNC(=O)CNC(=O)CNC(=O)n1ccc2c(N(C)[C@H]3CN(C(=O)CC#N)CC[C@H]3C)ncnc21. The Hall–Kier alpha value is -5.31. The molecule has 1 fully saturated rings. The van der Waals surface area contributed by atoms with Crippen molar-refractivity contribution in [2.45, 2.75) is 51.1 Å². The number of nitrogens with two attached hydrogens (primary N) is 1. The summed E-state index contributed by atoms with van der Waals surface area (Å²) in [5, 5.41) is 19.2. The Labute approximate surface area is 277 Å². The molecule has 48 heavy (non-hydrogen) atoms. The largest absolute Gasteiger partial charge is 0.467 e. The highest BCUT2D eigenvalue weighted by Gasteiger charge is 2.33. The lowest BCUT2D eigenvalue weighted by atomic mass is 9.92. The maximum absolute atomic E-state index is 13.0. The van der Waals surface area contributed by atoms with Crippen molar-refractivity contribution in [2.75, 3.05) is 58.3 Å². The van der Waals surface area contributed by atoms with E-state index in [1.165, 1.54) is 24.2 Å². The molecule has 0 aromatic carbocycles. The molecular weight excluding hydrogens is 626 g/mol. The number of nitrogens with zero attached hydrogens (tertiary/aromatic N) is 6. The minimum Gasteiger partial charge on any atom is -0.467 e. The highest BCUT2D eigenvalue weighted by atomic mass is 16.5. The van der Waals surface area contributed by atoms with Crippen molar-refractivity contribution in [2.24, 2.45) is 11.7 Å². The lowest BCUT2D eigenvalue weighted by molar-refractivity contribution is -0.145. The minimum atomic E-state index is -0.870. The van der Waals surface area contributed by atoms with Crippen molar-refractivity contribution in [1.29, 1.82) is 5.26 Å². The summed E-state index contributed by atoms with van der Waals surface area (Å²) in [6.45, 7) is 2.22. The summed E-state index contributed by atoms with van der Waals surface area (Å²) in [6, 6.07) is 1.99. The number of piperidine rings is 1. The van der Waals surface area contributed by atoms with Gasteiger partial charge in [0.05, 0.1) is 44.2 Å². The van der Waals surface area contributed by atoms with Gasteiger partial charge in [0.2, 0.25) is 23.6 Å². The number of amides is 5. The highest BCUT2D eigenvalue weighted by molar-refractivity contribution is 5.96. The number of methoxy groups -OCH3 is 1. The summed E-state index contributed by atoms with van der Waals surface area (Å²) in [5.74, 6) is -1.96. The van der Waals surface area contributed by atoms with Gasteiger partial charge in [0.25, 0.3) is 0 Å². The molecule has 0 unspecified atom stereocenters. The van der Waals surface area contributed by atoms with Crippen LogP contribution >= 0.6 is 0 Å². The number of carbonyl (C=O) groups is 6. The van der Waals surface area contributed by atoms with Crippen molar-refractivity contribution < 1.29 is 33.5 Å². The Morgan fingerprint density at radius 3 is 2.44 bits per heavy atom. The van der Waals surface area contributed by atoms with Gasteiger partial charge in [0, 0.05) is 26.3 Å². The van der Waals surface area contributed by atoms with E-state index in [0.29, 0.717) is 55.7 Å². The molecule has 2 aromatic rings. The molecule has 0 radical (unpaired) electrons. The number of rotatable bonds is 15. The number of ether oxygens (including phenoxy) is 1. The van der Waals surface area contributed by atoms with E-state index in [2.05, 4.69) is 38.2 Å². The van der Waals surface area contributed by atoms with Crippen molar-refractivity contribution >= 4 is 52.5 Å². The van der Waals surface area contributed by atoms with E-state index in [1.54, 1.807) is 11.0 Å². The number of aromatic nitrogens is 3. The first-order chi connectivity index (χ1) is 23.0. The monoisotopic (exact) mass is 669 g/mol. The summed E-state index contributed by atoms with van der Waals surface area (Å²) < 4.78 is 5.93. The number of hydrogen-bond donors (Lipinski definition) is 5. The van der Waals surface area contributed by atoms with E-state index < -0.39 is 55.4 Å². The molecule has 1 saturated heterocycles. The summed E-state index contributed by atoms with van der Waals surface area (Å²) in [4.78, 5) is 86.3. The number of hydrogen-bond acceptors (Lipinski definition) is 12. The molecule has 2 aromatic heterocycles. The van der Waals surface area contributed by atoms with Crippen LogP contribution in [0, 0.1) is 17.2 Å². The molecule has 18 nitrogen and oxygen atoms in total. The molecule has 6 N–H and O–H groups in total. The topological polar surface area (TPSA) is 247 Å². The lowest BCUT2D eigenvalue weighted by Crippen LogP contribution is -2.52. The summed E-state index contributed by atoms with van der Waals surface area (Å²) in [5.41, 5.74) is 5.77. The van der Waals surface area contributed by atoms with E-state index >= 15 is 0 Å². The summed E-state index contributed by atoms with van der Waals surface area (Å²) >= 11 is 0. The van der Waals surface area contributed by atoms with Crippen molar-refractivity contribution in [1.82, 2.24) is 40.7 Å². The van der Waals surface area contributed by atoms with Crippen LogP contribution in [0.5, 0.6) is 0 Å². The average Bonchev–Trinajstić information content (AvgIpc) is 3.52. The molecule has 0 bridgehead atoms. The number of unbranched alkanes of at least 4 members (excludes halogenated alkanes) is 1. The zero-order chi connectivity index (χ0) is 35.2. The Kier molecular flexibility index (Phi) is 14.0. The second kappa shape index (κ2) is 18.1. The van der Waals surface area contributed by atoms with E-state index in [9.17, 15) is 28.8 Å². The molecule has 0 spiro atoms. The number of likely N-dealkylation sites (tertiary alicyclic amines) is 1. The first-order valence-electron chi connectivity index (χ1n) is 15.6. The summed E-state index contributed by atoms with van der Waals surface area (Å²) in [7, 11) is 3.07. The first-order valence-corrected chi connectivity index (χ1v) is 15.6. The standard InChI is InChI=1S/C30H43N11O7/c1-19-8-12-40(26(45)7-11-32)17-22(19)39(2)27-20-9-13-41(28(20)37-18-36-27)30(47)35-15-24(43)33-14-23(42)34-16-25(44)38-21(29(46)48-3)6-4-5-10-31/h9,13,18-19,21-22H,4-8,10,12,14-17,31H2,1-3H3,(H,33,43)(H,34,42)(H,35,47)(H,38,44)/t19-,21-,22+/m1/s1. The van der Waals surface area contributed by atoms with Gasteiger partial charge in [-0.15, -0.1) is 0 Å².